The second-order valence-electron chi connectivity index (χ2n) is 6.27. The lowest BCUT2D eigenvalue weighted by Crippen LogP contribution is -2.31. The van der Waals surface area contributed by atoms with E-state index in [1.165, 1.54) is 63.5 Å². The first-order valence-corrected chi connectivity index (χ1v) is 9.04. The molecule has 0 spiro atoms. The van der Waals surface area contributed by atoms with Crippen molar-refractivity contribution < 1.29 is 0 Å². The summed E-state index contributed by atoms with van der Waals surface area (Å²) in [7, 11) is 0. The quantitative estimate of drug-likeness (QED) is 0.461. The fourth-order valence-corrected chi connectivity index (χ4v) is 3.88. The maximum atomic E-state index is 4.43. The fourth-order valence-electron chi connectivity index (χ4n) is 3.07. The summed E-state index contributed by atoms with van der Waals surface area (Å²) in [5.41, 5.74) is 1.48. The molecule has 1 unspecified atom stereocenters. The molecular formula is C17H31BrN2. The first kappa shape index (κ1) is 17.7. The Morgan fingerprint density at radius 1 is 1.05 bits per heavy atom. The maximum Gasteiger partial charge on any atom is 0.177 e. The Balaban J connectivity index is 2.71. The molecule has 0 fully saturated rings. The Kier molecular flexibility index (Phi) is 7.86. The van der Waals surface area contributed by atoms with Gasteiger partial charge in [0, 0.05) is 17.4 Å². The molecule has 20 heavy (non-hydrogen) atoms. The summed E-state index contributed by atoms with van der Waals surface area (Å²) < 4.78 is 3.39. The molecular weight excluding hydrogens is 312 g/mol. The largest absolute Gasteiger partial charge is 0.317 e. The summed E-state index contributed by atoms with van der Waals surface area (Å²) >= 11 is 3.63. The molecule has 1 heterocycles. The van der Waals surface area contributed by atoms with Crippen LogP contribution in [0.2, 0.25) is 0 Å². The number of hydrogen-bond donors (Lipinski definition) is 0. The number of aromatic nitrogens is 2. The summed E-state index contributed by atoms with van der Waals surface area (Å²) in [5.74, 6) is 0. The van der Waals surface area contributed by atoms with Crippen LogP contribution in [0.3, 0.4) is 0 Å². The normalized spacial score (nSPS) is 14.4. The monoisotopic (exact) mass is 342 g/mol. The van der Waals surface area contributed by atoms with Gasteiger partial charge < -0.3 is 4.57 Å². The van der Waals surface area contributed by atoms with E-state index in [0.29, 0.717) is 0 Å². The van der Waals surface area contributed by atoms with Crippen LogP contribution in [0.4, 0.5) is 0 Å². The zero-order valence-electron chi connectivity index (χ0n) is 13.7. The molecule has 1 atom stereocenters. The molecule has 0 bridgehead atoms. The smallest absolute Gasteiger partial charge is 0.177 e. The van der Waals surface area contributed by atoms with E-state index in [9.17, 15) is 0 Å². The second kappa shape index (κ2) is 8.86. The Hall–Kier alpha value is -0.310. The molecule has 116 valence electrons. The lowest BCUT2D eigenvalue weighted by molar-refractivity contribution is 0.244. The van der Waals surface area contributed by atoms with Crippen LogP contribution in [0.5, 0.6) is 0 Å². The van der Waals surface area contributed by atoms with Gasteiger partial charge in [-0.3, -0.25) is 0 Å². The van der Waals surface area contributed by atoms with Gasteiger partial charge in [-0.25, -0.2) is 4.98 Å². The van der Waals surface area contributed by atoms with E-state index in [-0.39, 0.29) is 5.54 Å². The van der Waals surface area contributed by atoms with Crippen LogP contribution >= 0.6 is 15.9 Å². The highest BCUT2D eigenvalue weighted by molar-refractivity contribution is 9.10. The predicted molar refractivity (Wildman–Crippen MR) is 91.2 cm³/mol. The van der Waals surface area contributed by atoms with Crippen LogP contribution in [-0.4, -0.2) is 9.55 Å². The number of nitrogens with zero attached hydrogens (tertiary/aromatic N) is 2. The van der Waals surface area contributed by atoms with Gasteiger partial charge in [0.25, 0.3) is 0 Å². The third-order valence-electron chi connectivity index (χ3n) is 4.32. The zero-order chi connectivity index (χ0) is 15.0. The van der Waals surface area contributed by atoms with E-state index in [1.807, 2.05) is 6.20 Å². The van der Waals surface area contributed by atoms with Crippen LogP contribution in [-0.2, 0) is 5.54 Å². The van der Waals surface area contributed by atoms with Crippen molar-refractivity contribution in [2.45, 2.75) is 91.0 Å². The van der Waals surface area contributed by atoms with Crippen molar-refractivity contribution in [1.82, 2.24) is 9.55 Å². The fraction of sp³-hybridized carbons (Fsp3) is 0.824. The Bertz CT molecular complexity index is 367. The molecule has 0 amide bonds. The number of halogens is 1. The summed E-state index contributed by atoms with van der Waals surface area (Å²) in [6.07, 6.45) is 13.8. The van der Waals surface area contributed by atoms with Crippen molar-refractivity contribution in [2.24, 2.45) is 0 Å². The van der Waals surface area contributed by atoms with Gasteiger partial charge in [0.1, 0.15) is 0 Å². The van der Waals surface area contributed by atoms with Crippen LogP contribution < -0.4 is 0 Å². The van der Waals surface area contributed by atoms with Crippen molar-refractivity contribution in [1.29, 1.82) is 0 Å². The molecule has 0 saturated heterocycles. The minimum absolute atomic E-state index is 0.210. The van der Waals surface area contributed by atoms with Crippen molar-refractivity contribution in [2.75, 3.05) is 0 Å². The van der Waals surface area contributed by atoms with Gasteiger partial charge >= 0.3 is 0 Å². The van der Waals surface area contributed by atoms with E-state index < -0.39 is 0 Å². The molecule has 0 aliphatic rings. The number of imidazole rings is 1. The zero-order valence-corrected chi connectivity index (χ0v) is 15.3. The number of hydrogen-bond acceptors (Lipinski definition) is 1. The predicted octanol–water partition coefficient (Wildman–Crippen LogP) is 6.22. The minimum Gasteiger partial charge on any atom is -0.317 e. The Labute approximate surface area is 133 Å². The van der Waals surface area contributed by atoms with Crippen molar-refractivity contribution >= 4 is 15.9 Å². The molecule has 0 saturated carbocycles. The maximum absolute atomic E-state index is 4.43. The molecule has 0 N–H and O–H groups in total. The molecule has 0 radical (unpaired) electrons. The van der Waals surface area contributed by atoms with Crippen molar-refractivity contribution in [3.63, 3.8) is 0 Å². The van der Waals surface area contributed by atoms with Gasteiger partial charge in [-0.05, 0) is 42.6 Å². The van der Waals surface area contributed by atoms with Crippen LogP contribution in [0.15, 0.2) is 10.9 Å². The molecule has 0 aromatic carbocycles. The lowest BCUT2D eigenvalue weighted by atomic mass is 9.88. The van der Waals surface area contributed by atoms with E-state index in [4.69, 9.17) is 0 Å². The average molecular weight is 343 g/mol. The van der Waals surface area contributed by atoms with Crippen molar-refractivity contribution in [3.05, 3.63) is 16.6 Å². The molecule has 1 aromatic heterocycles. The summed E-state index contributed by atoms with van der Waals surface area (Å²) in [6, 6.07) is 0. The highest BCUT2D eigenvalue weighted by atomic mass is 79.9. The molecule has 0 aliphatic carbocycles. The molecule has 2 nitrogen and oxygen atoms in total. The van der Waals surface area contributed by atoms with Crippen LogP contribution in [0, 0.1) is 6.92 Å². The molecule has 1 aromatic rings. The van der Waals surface area contributed by atoms with Gasteiger partial charge in [0.2, 0.25) is 0 Å². The van der Waals surface area contributed by atoms with Gasteiger partial charge in [0.05, 0.1) is 0 Å². The van der Waals surface area contributed by atoms with Gasteiger partial charge in [-0.1, -0.05) is 58.8 Å². The number of rotatable bonds is 10. The Morgan fingerprint density at radius 3 is 2.20 bits per heavy atom. The topological polar surface area (TPSA) is 17.8 Å². The standard InChI is InChI=1S/C17H31BrN2/c1-5-7-9-10-11-13-17(4,12-8-6-2)20-15(3)14-19-16(20)18/h14H,5-13H2,1-4H3. The third-order valence-corrected chi connectivity index (χ3v) is 4.88. The third kappa shape index (κ3) is 4.91. The molecule has 1 rings (SSSR count). The highest BCUT2D eigenvalue weighted by Gasteiger charge is 2.28. The van der Waals surface area contributed by atoms with Gasteiger partial charge in [0.15, 0.2) is 4.73 Å². The van der Waals surface area contributed by atoms with Crippen LogP contribution in [0.1, 0.15) is 84.3 Å². The molecule has 0 aliphatic heterocycles. The number of aryl methyl sites for hydroxylation is 1. The van der Waals surface area contributed by atoms with E-state index in [0.717, 1.165) is 4.73 Å². The highest BCUT2D eigenvalue weighted by Crippen LogP contribution is 2.34. The summed E-state index contributed by atoms with van der Waals surface area (Å²) in [4.78, 5) is 4.43. The van der Waals surface area contributed by atoms with Crippen LogP contribution in [0.25, 0.3) is 0 Å². The second-order valence-corrected chi connectivity index (χ2v) is 6.98. The average Bonchev–Trinajstić information content (AvgIpc) is 2.76. The van der Waals surface area contributed by atoms with E-state index >= 15 is 0 Å². The summed E-state index contributed by atoms with van der Waals surface area (Å²) in [5, 5.41) is 0. The van der Waals surface area contributed by atoms with E-state index in [1.54, 1.807) is 0 Å². The lowest BCUT2D eigenvalue weighted by Gasteiger charge is -2.33. The minimum atomic E-state index is 0.210. The number of unbranched alkanes of at least 4 members (excludes halogenated alkanes) is 5. The van der Waals surface area contributed by atoms with E-state index in [2.05, 4.69) is 53.2 Å². The van der Waals surface area contributed by atoms with Gasteiger partial charge in [-0.2, -0.15) is 0 Å². The first-order chi connectivity index (χ1) is 9.55. The van der Waals surface area contributed by atoms with Gasteiger partial charge in [-0.15, -0.1) is 0 Å². The van der Waals surface area contributed by atoms with Crippen molar-refractivity contribution in [3.8, 4) is 0 Å². The first-order valence-electron chi connectivity index (χ1n) is 8.25. The SMILES string of the molecule is CCCCCCCC(C)(CCCC)n1c(C)cnc1Br. The molecule has 3 heteroatoms. The Morgan fingerprint density at radius 2 is 1.65 bits per heavy atom. The summed E-state index contributed by atoms with van der Waals surface area (Å²) in [6.45, 7) is 9.12.